The molecular weight excluding hydrogens is 372 g/mol. The quantitative estimate of drug-likeness (QED) is 0.455. The van der Waals surface area contributed by atoms with Crippen molar-refractivity contribution >= 4 is 5.91 Å². The number of allylic oxidation sites excluding steroid dienone is 2. The van der Waals surface area contributed by atoms with Crippen LogP contribution in [0.3, 0.4) is 0 Å². The van der Waals surface area contributed by atoms with Gasteiger partial charge in [0.05, 0.1) is 6.10 Å². The predicted molar refractivity (Wildman–Crippen MR) is 123 cm³/mol. The monoisotopic (exact) mass is 410 g/mol. The smallest absolute Gasteiger partial charge is 0.222 e. The molecule has 164 valence electrons. The molecule has 1 fully saturated rings. The summed E-state index contributed by atoms with van der Waals surface area (Å²) in [5.74, 6) is 1.53. The number of hydrogen-bond acceptors (Lipinski definition) is 3. The number of aliphatic hydroxyl groups is 1. The molecule has 4 atom stereocenters. The standard InChI is InChI=1S/C26H38N2O2/c1-19-8-6-10-20(14-19)9-4-5-11-23-24-16-21(15-22(24)17-25(23)29)18-27-13-7-12-26(30)28(2)3/h5-6,8,10-11,14-15,22-25,27,29H,4,7,9,12-13,16-18H2,1-3H3/t22-,23+,24-,25+/m0/s1. The zero-order chi connectivity index (χ0) is 21.5. The van der Waals surface area contributed by atoms with Gasteiger partial charge >= 0.3 is 0 Å². The number of rotatable bonds is 10. The van der Waals surface area contributed by atoms with Gasteiger partial charge in [0.2, 0.25) is 5.91 Å². The summed E-state index contributed by atoms with van der Waals surface area (Å²) in [5.41, 5.74) is 4.16. The Morgan fingerprint density at radius 3 is 2.93 bits per heavy atom. The Kier molecular flexibility index (Phi) is 8.29. The van der Waals surface area contributed by atoms with Crippen LogP contribution >= 0.6 is 0 Å². The van der Waals surface area contributed by atoms with E-state index in [1.54, 1.807) is 19.0 Å². The van der Waals surface area contributed by atoms with Gasteiger partial charge in [-0.3, -0.25) is 4.79 Å². The van der Waals surface area contributed by atoms with Gasteiger partial charge in [0.1, 0.15) is 0 Å². The highest BCUT2D eigenvalue weighted by Gasteiger charge is 2.43. The minimum Gasteiger partial charge on any atom is -0.392 e. The summed E-state index contributed by atoms with van der Waals surface area (Å²) in [6.07, 6.45) is 12.3. The summed E-state index contributed by atoms with van der Waals surface area (Å²) in [5, 5.41) is 14.0. The Bertz CT molecular complexity index is 768. The summed E-state index contributed by atoms with van der Waals surface area (Å²) in [4.78, 5) is 13.3. The first-order valence-corrected chi connectivity index (χ1v) is 11.4. The van der Waals surface area contributed by atoms with Crippen molar-refractivity contribution in [1.29, 1.82) is 0 Å². The summed E-state index contributed by atoms with van der Waals surface area (Å²) in [6.45, 7) is 3.91. The molecule has 0 radical (unpaired) electrons. The molecule has 1 aromatic rings. The van der Waals surface area contributed by atoms with Gasteiger partial charge in [-0.2, -0.15) is 0 Å². The Hall–Kier alpha value is -1.91. The number of aliphatic hydroxyl groups excluding tert-OH is 1. The fraction of sp³-hybridized carbons (Fsp3) is 0.577. The third kappa shape index (κ3) is 6.29. The number of aryl methyl sites for hydroxylation is 2. The maximum atomic E-state index is 11.6. The van der Waals surface area contributed by atoms with Gasteiger partial charge in [-0.15, -0.1) is 0 Å². The number of amides is 1. The van der Waals surface area contributed by atoms with Crippen LogP contribution in [-0.4, -0.2) is 49.2 Å². The van der Waals surface area contributed by atoms with Gasteiger partial charge in [-0.05, 0) is 63.0 Å². The van der Waals surface area contributed by atoms with Crippen LogP contribution in [0.2, 0.25) is 0 Å². The molecule has 2 aliphatic carbocycles. The van der Waals surface area contributed by atoms with Gasteiger partial charge in [-0.25, -0.2) is 0 Å². The van der Waals surface area contributed by atoms with E-state index in [4.69, 9.17) is 0 Å². The van der Waals surface area contributed by atoms with Crippen LogP contribution in [0.1, 0.15) is 43.2 Å². The van der Waals surface area contributed by atoms with E-state index in [2.05, 4.69) is 54.7 Å². The first kappa shape index (κ1) is 22.8. The summed E-state index contributed by atoms with van der Waals surface area (Å²) in [6, 6.07) is 8.71. The van der Waals surface area contributed by atoms with Crippen molar-refractivity contribution in [1.82, 2.24) is 10.2 Å². The van der Waals surface area contributed by atoms with Crippen LogP contribution in [0.5, 0.6) is 0 Å². The molecule has 0 spiro atoms. The lowest BCUT2D eigenvalue weighted by Gasteiger charge is -2.18. The Labute approximate surface area is 182 Å². The van der Waals surface area contributed by atoms with Crippen molar-refractivity contribution in [2.45, 2.75) is 51.6 Å². The van der Waals surface area contributed by atoms with Gasteiger partial charge < -0.3 is 15.3 Å². The molecule has 2 N–H and O–H groups in total. The molecule has 0 aromatic heterocycles. The van der Waals surface area contributed by atoms with Crippen LogP contribution in [0.15, 0.2) is 48.1 Å². The van der Waals surface area contributed by atoms with Crippen LogP contribution < -0.4 is 5.32 Å². The second-order valence-electron chi connectivity index (χ2n) is 9.26. The number of nitrogens with zero attached hydrogens (tertiary/aromatic N) is 1. The first-order chi connectivity index (χ1) is 14.4. The van der Waals surface area contributed by atoms with Crippen LogP contribution in [-0.2, 0) is 11.2 Å². The molecule has 4 heteroatoms. The van der Waals surface area contributed by atoms with E-state index >= 15 is 0 Å². The largest absolute Gasteiger partial charge is 0.392 e. The highest BCUT2D eigenvalue weighted by molar-refractivity contribution is 5.75. The fourth-order valence-electron chi connectivity index (χ4n) is 4.94. The number of nitrogens with one attached hydrogen (secondary N) is 1. The number of benzene rings is 1. The second-order valence-corrected chi connectivity index (χ2v) is 9.26. The molecule has 1 amide bonds. The summed E-state index contributed by atoms with van der Waals surface area (Å²) >= 11 is 0. The van der Waals surface area contributed by atoms with Gasteiger partial charge in [0.15, 0.2) is 0 Å². The highest BCUT2D eigenvalue weighted by atomic mass is 16.3. The van der Waals surface area contributed by atoms with Crippen molar-refractivity contribution in [2.75, 3.05) is 27.2 Å². The van der Waals surface area contributed by atoms with Gasteiger partial charge in [-0.1, -0.05) is 53.6 Å². The maximum absolute atomic E-state index is 11.6. The summed E-state index contributed by atoms with van der Waals surface area (Å²) in [7, 11) is 3.61. The van der Waals surface area contributed by atoms with E-state index in [9.17, 15) is 9.90 Å². The Morgan fingerprint density at radius 1 is 1.33 bits per heavy atom. The Balaban J connectivity index is 1.39. The first-order valence-electron chi connectivity index (χ1n) is 11.4. The topological polar surface area (TPSA) is 52.6 Å². The predicted octanol–water partition coefficient (Wildman–Crippen LogP) is 3.89. The van der Waals surface area contributed by atoms with Crippen LogP contribution in [0, 0.1) is 24.7 Å². The molecule has 0 unspecified atom stereocenters. The van der Waals surface area contributed by atoms with E-state index in [0.717, 1.165) is 45.2 Å². The third-order valence-electron chi connectivity index (χ3n) is 6.59. The van der Waals surface area contributed by atoms with Gasteiger partial charge in [0.25, 0.3) is 0 Å². The molecule has 1 saturated carbocycles. The van der Waals surface area contributed by atoms with E-state index in [1.807, 2.05) is 0 Å². The van der Waals surface area contributed by atoms with E-state index in [-0.39, 0.29) is 17.9 Å². The normalized spacial score (nSPS) is 25.5. The van der Waals surface area contributed by atoms with Crippen LogP contribution in [0.25, 0.3) is 0 Å². The van der Waals surface area contributed by atoms with E-state index in [1.165, 1.54) is 16.7 Å². The molecule has 0 saturated heterocycles. The van der Waals surface area contributed by atoms with Crippen molar-refractivity contribution in [3.05, 3.63) is 59.2 Å². The van der Waals surface area contributed by atoms with Crippen LogP contribution in [0.4, 0.5) is 0 Å². The van der Waals surface area contributed by atoms with E-state index in [0.29, 0.717) is 18.3 Å². The maximum Gasteiger partial charge on any atom is 0.222 e. The zero-order valence-electron chi connectivity index (χ0n) is 18.8. The second kappa shape index (κ2) is 10.9. The molecule has 0 aliphatic heterocycles. The molecule has 30 heavy (non-hydrogen) atoms. The number of carbonyl (C=O) groups excluding carboxylic acids is 1. The summed E-state index contributed by atoms with van der Waals surface area (Å²) < 4.78 is 0. The SMILES string of the molecule is Cc1cccc(CCC=C[C@@H]2[C@H]3CC(CNCCCC(=O)N(C)C)=C[C@H]3C[C@H]2O)c1. The average molecular weight is 411 g/mol. The number of hydrogen-bond donors (Lipinski definition) is 2. The fourth-order valence-corrected chi connectivity index (χ4v) is 4.94. The molecule has 1 aromatic carbocycles. The number of fused-ring (bicyclic) bond motifs is 1. The lowest BCUT2D eigenvalue weighted by molar-refractivity contribution is -0.128. The van der Waals surface area contributed by atoms with Crippen molar-refractivity contribution in [3.63, 3.8) is 0 Å². The molecule has 0 bridgehead atoms. The van der Waals surface area contributed by atoms with Gasteiger partial charge in [0, 0.05) is 33.0 Å². The van der Waals surface area contributed by atoms with E-state index < -0.39 is 0 Å². The lowest BCUT2D eigenvalue weighted by Crippen LogP contribution is -2.24. The van der Waals surface area contributed by atoms with Crippen molar-refractivity contribution in [2.24, 2.45) is 17.8 Å². The minimum atomic E-state index is -0.210. The van der Waals surface area contributed by atoms with Crippen molar-refractivity contribution in [3.8, 4) is 0 Å². The molecule has 0 heterocycles. The lowest BCUT2D eigenvalue weighted by atomic mass is 9.89. The molecular formula is C26H38N2O2. The molecule has 3 rings (SSSR count). The minimum absolute atomic E-state index is 0.192. The highest BCUT2D eigenvalue weighted by Crippen LogP contribution is 2.47. The molecule has 2 aliphatic rings. The van der Waals surface area contributed by atoms with Crippen molar-refractivity contribution < 1.29 is 9.90 Å². The molecule has 4 nitrogen and oxygen atoms in total. The number of carbonyl (C=O) groups is 1. The average Bonchev–Trinajstić information content (AvgIpc) is 3.21. The Morgan fingerprint density at radius 2 is 2.17 bits per heavy atom. The third-order valence-corrected chi connectivity index (χ3v) is 6.59. The zero-order valence-corrected chi connectivity index (χ0v) is 18.8.